The first-order chi connectivity index (χ1) is 20.2. The van der Waals surface area contributed by atoms with Crippen LogP contribution >= 0.6 is 43.2 Å². The molecule has 0 bridgehead atoms. The number of aromatic nitrogens is 1. The number of rotatable bonds is 8. The zero-order valence-corrected chi connectivity index (χ0v) is 27.4. The second-order valence-electron chi connectivity index (χ2n) is 9.65. The van der Waals surface area contributed by atoms with Crippen LogP contribution in [0.15, 0.2) is 90.7 Å². The van der Waals surface area contributed by atoms with E-state index < -0.39 is 12.0 Å². The van der Waals surface area contributed by atoms with Crippen LogP contribution in [0.4, 0.5) is 0 Å². The number of carbonyl (C=O) groups is 1. The van der Waals surface area contributed by atoms with Gasteiger partial charge in [0, 0.05) is 14.5 Å². The van der Waals surface area contributed by atoms with Gasteiger partial charge in [-0.05, 0) is 62.2 Å². The maximum absolute atomic E-state index is 14.1. The largest absolute Gasteiger partial charge is 0.493 e. The van der Waals surface area contributed by atoms with Gasteiger partial charge < -0.3 is 14.2 Å². The first-order valence-electron chi connectivity index (χ1n) is 13.2. The lowest BCUT2D eigenvalue weighted by Gasteiger charge is -2.24. The van der Waals surface area contributed by atoms with Gasteiger partial charge in [0.05, 0.1) is 35.6 Å². The molecule has 0 aliphatic carbocycles. The van der Waals surface area contributed by atoms with Gasteiger partial charge in [-0.15, -0.1) is 0 Å². The van der Waals surface area contributed by atoms with Crippen LogP contribution in [0.3, 0.4) is 0 Å². The van der Waals surface area contributed by atoms with Crippen molar-refractivity contribution in [2.45, 2.75) is 33.4 Å². The number of carbonyl (C=O) groups excluding carboxylic acids is 1. The molecule has 42 heavy (non-hydrogen) atoms. The molecule has 0 spiro atoms. The minimum atomic E-state index is -0.673. The average molecular weight is 712 g/mol. The van der Waals surface area contributed by atoms with Crippen LogP contribution in [0, 0.1) is 6.92 Å². The van der Waals surface area contributed by atoms with Crippen LogP contribution in [0.25, 0.3) is 6.08 Å². The second-order valence-corrected chi connectivity index (χ2v) is 12.5. The van der Waals surface area contributed by atoms with Crippen molar-refractivity contribution in [1.82, 2.24) is 4.57 Å². The monoisotopic (exact) mass is 710 g/mol. The van der Waals surface area contributed by atoms with Crippen LogP contribution < -0.4 is 24.4 Å². The number of aryl methyl sites for hydroxylation is 1. The molecule has 1 aliphatic rings. The summed E-state index contributed by atoms with van der Waals surface area (Å²) in [4.78, 5) is 32.4. The molecule has 7 nitrogen and oxygen atoms in total. The molecule has 3 aromatic carbocycles. The van der Waals surface area contributed by atoms with Gasteiger partial charge in [-0.25, -0.2) is 9.79 Å². The molecule has 0 saturated heterocycles. The van der Waals surface area contributed by atoms with E-state index in [9.17, 15) is 9.59 Å². The number of methoxy groups -OCH3 is 1. The molecule has 1 atom stereocenters. The van der Waals surface area contributed by atoms with Crippen molar-refractivity contribution in [2.75, 3.05) is 13.7 Å². The zero-order chi connectivity index (χ0) is 30.0. The molecule has 1 aliphatic heterocycles. The highest BCUT2D eigenvalue weighted by molar-refractivity contribution is 9.10. The standard InChI is InChI=1S/C32H28Br2N2O5S/c1-5-40-31(38)27-19(3)35-32-36(28(27)21-10-6-18(2)7-11-21)30(37)26(42-32)15-22-14-24(34)16-25(39-4)29(22)41-17-20-8-12-23(33)13-9-20/h6-16,28H,5,17H2,1-4H3/b26-15-/t28-/m1/s1. The molecule has 216 valence electrons. The van der Waals surface area contributed by atoms with Crippen LogP contribution in [-0.2, 0) is 16.1 Å². The molecule has 4 aromatic rings. The molecule has 5 rings (SSSR count). The van der Waals surface area contributed by atoms with Crippen molar-refractivity contribution in [3.8, 4) is 11.5 Å². The van der Waals surface area contributed by atoms with Crippen LogP contribution in [0.1, 0.15) is 42.1 Å². The molecule has 1 aromatic heterocycles. The third kappa shape index (κ3) is 6.16. The number of allylic oxidation sites excluding steroid dienone is 1. The van der Waals surface area contributed by atoms with Crippen molar-refractivity contribution >= 4 is 55.2 Å². The number of nitrogens with zero attached hydrogens (tertiary/aromatic N) is 2. The third-order valence-electron chi connectivity index (χ3n) is 6.76. The van der Waals surface area contributed by atoms with Crippen molar-refractivity contribution in [3.63, 3.8) is 0 Å². The Balaban J connectivity index is 1.66. The molecule has 0 unspecified atom stereocenters. The van der Waals surface area contributed by atoms with Gasteiger partial charge in [0.25, 0.3) is 5.56 Å². The van der Waals surface area contributed by atoms with Gasteiger partial charge in [0.15, 0.2) is 16.3 Å². The van der Waals surface area contributed by atoms with E-state index in [0.717, 1.165) is 25.6 Å². The zero-order valence-electron chi connectivity index (χ0n) is 23.4. The third-order valence-corrected chi connectivity index (χ3v) is 8.73. The Morgan fingerprint density at radius 2 is 1.76 bits per heavy atom. The lowest BCUT2D eigenvalue weighted by Crippen LogP contribution is -2.39. The van der Waals surface area contributed by atoms with Gasteiger partial charge >= 0.3 is 5.97 Å². The molecular formula is C32H28Br2N2O5S. The summed E-state index contributed by atoms with van der Waals surface area (Å²) >= 11 is 8.27. The van der Waals surface area contributed by atoms with Gasteiger partial charge in [-0.2, -0.15) is 0 Å². The Labute approximate surface area is 264 Å². The summed E-state index contributed by atoms with van der Waals surface area (Å²) in [5.41, 5.74) is 4.12. The van der Waals surface area contributed by atoms with Crippen molar-refractivity contribution < 1.29 is 19.0 Å². The highest BCUT2D eigenvalue weighted by atomic mass is 79.9. The Hall–Kier alpha value is -3.47. The minimum absolute atomic E-state index is 0.217. The summed E-state index contributed by atoms with van der Waals surface area (Å²) < 4.78 is 21.1. The predicted octanol–water partition coefficient (Wildman–Crippen LogP) is 6.22. The lowest BCUT2D eigenvalue weighted by atomic mass is 9.95. The van der Waals surface area contributed by atoms with E-state index in [1.807, 2.05) is 67.6 Å². The van der Waals surface area contributed by atoms with E-state index in [2.05, 4.69) is 36.9 Å². The van der Waals surface area contributed by atoms with Gasteiger partial charge in [0.2, 0.25) is 0 Å². The fourth-order valence-corrected chi connectivity index (χ4v) is 6.49. The molecular weight excluding hydrogens is 684 g/mol. The Morgan fingerprint density at radius 1 is 1.05 bits per heavy atom. The highest BCUT2D eigenvalue weighted by Gasteiger charge is 2.33. The van der Waals surface area contributed by atoms with Gasteiger partial charge in [-0.3, -0.25) is 9.36 Å². The van der Waals surface area contributed by atoms with Crippen LogP contribution in [0.5, 0.6) is 11.5 Å². The second kappa shape index (κ2) is 12.8. The van der Waals surface area contributed by atoms with Crippen molar-refractivity contribution in [2.24, 2.45) is 4.99 Å². The Kier molecular flexibility index (Phi) is 9.15. The number of halogens is 2. The SMILES string of the molecule is CCOC(=O)C1=C(C)N=c2s/c(=C\c3cc(Br)cc(OC)c3OCc3ccc(Br)cc3)c(=O)n2[C@@H]1c1ccc(C)cc1. The molecule has 0 fully saturated rings. The Bertz CT molecular complexity index is 1860. The molecule has 0 amide bonds. The van der Waals surface area contributed by atoms with E-state index in [4.69, 9.17) is 14.2 Å². The summed E-state index contributed by atoms with van der Waals surface area (Å²) in [7, 11) is 1.58. The van der Waals surface area contributed by atoms with E-state index in [1.54, 1.807) is 31.6 Å². The first kappa shape index (κ1) is 30.0. The van der Waals surface area contributed by atoms with E-state index in [0.29, 0.717) is 44.3 Å². The number of benzene rings is 3. The number of hydrogen-bond acceptors (Lipinski definition) is 7. The lowest BCUT2D eigenvalue weighted by molar-refractivity contribution is -0.139. The predicted molar refractivity (Wildman–Crippen MR) is 171 cm³/mol. The fourth-order valence-electron chi connectivity index (χ4n) is 4.74. The maximum atomic E-state index is 14.1. The fraction of sp³-hybridized carbons (Fsp3) is 0.219. The summed E-state index contributed by atoms with van der Waals surface area (Å²) in [6.45, 7) is 6.05. The minimum Gasteiger partial charge on any atom is -0.493 e. The highest BCUT2D eigenvalue weighted by Crippen LogP contribution is 2.36. The molecule has 0 saturated carbocycles. The molecule has 0 N–H and O–H groups in total. The summed E-state index contributed by atoms with van der Waals surface area (Å²) in [5.74, 6) is 0.547. The van der Waals surface area contributed by atoms with Gasteiger partial charge in [-0.1, -0.05) is 85.2 Å². The van der Waals surface area contributed by atoms with Crippen molar-refractivity contribution in [3.05, 3.63) is 123 Å². The maximum Gasteiger partial charge on any atom is 0.338 e. The summed E-state index contributed by atoms with van der Waals surface area (Å²) in [6.07, 6.45) is 1.78. The quantitative estimate of drug-likeness (QED) is 0.203. The number of ether oxygens (including phenoxy) is 3. The number of fused-ring (bicyclic) bond motifs is 1. The van der Waals surface area contributed by atoms with E-state index in [-0.39, 0.29) is 12.2 Å². The van der Waals surface area contributed by atoms with Crippen LogP contribution in [-0.4, -0.2) is 24.3 Å². The number of hydrogen-bond donors (Lipinski definition) is 0. The average Bonchev–Trinajstić information content (AvgIpc) is 3.26. The topological polar surface area (TPSA) is 79.1 Å². The number of esters is 1. The summed E-state index contributed by atoms with van der Waals surface area (Å²) in [6, 6.07) is 18.7. The van der Waals surface area contributed by atoms with Crippen molar-refractivity contribution in [1.29, 1.82) is 0 Å². The Morgan fingerprint density at radius 3 is 2.43 bits per heavy atom. The molecule has 10 heteroatoms. The normalized spacial score (nSPS) is 14.8. The summed E-state index contributed by atoms with van der Waals surface area (Å²) in [5, 5.41) is 0. The number of thiazole rings is 1. The molecule has 0 radical (unpaired) electrons. The van der Waals surface area contributed by atoms with Crippen LogP contribution in [0.2, 0.25) is 0 Å². The van der Waals surface area contributed by atoms with Gasteiger partial charge in [0.1, 0.15) is 6.61 Å². The first-order valence-corrected chi connectivity index (χ1v) is 15.6. The van der Waals surface area contributed by atoms with E-state index in [1.165, 1.54) is 11.3 Å². The van der Waals surface area contributed by atoms with E-state index >= 15 is 0 Å². The smallest absolute Gasteiger partial charge is 0.338 e. The molecule has 2 heterocycles.